The van der Waals surface area contributed by atoms with Crippen molar-refractivity contribution in [1.82, 2.24) is 4.90 Å². The first-order chi connectivity index (χ1) is 10.1. The van der Waals surface area contributed by atoms with Gasteiger partial charge < -0.3 is 10.0 Å². The van der Waals surface area contributed by atoms with Crippen LogP contribution in [0.15, 0.2) is 40.9 Å². The normalized spacial score (nSPS) is 13.9. The monoisotopic (exact) mass is 305 g/mol. The summed E-state index contributed by atoms with van der Waals surface area (Å²) >= 11 is 1.48. The van der Waals surface area contributed by atoms with Crippen LogP contribution in [0.1, 0.15) is 24.8 Å². The molecule has 0 saturated heterocycles. The Morgan fingerprint density at radius 3 is 2.57 bits per heavy atom. The summed E-state index contributed by atoms with van der Waals surface area (Å²) in [6.45, 7) is 0. The van der Waals surface area contributed by atoms with E-state index in [-0.39, 0.29) is 12.3 Å². The number of carboxylic acids is 1. The molecule has 0 bridgehead atoms. The zero-order valence-corrected chi connectivity index (χ0v) is 12.9. The molecule has 21 heavy (non-hydrogen) atoms. The van der Waals surface area contributed by atoms with Gasteiger partial charge in [0.1, 0.15) is 0 Å². The maximum absolute atomic E-state index is 12.1. The van der Waals surface area contributed by atoms with Gasteiger partial charge in [-0.25, -0.2) is 0 Å². The van der Waals surface area contributed by atoms with E-state index in [1.165, 1.54) is 11.8 Å². The molecule has 1 aliphatic rings. The van der Waals surface area contributed by atoms with E-state index in [2.05, 4.69) is 6.08 Å². The summed E-state index contributed by atoms with van der Waals surface area (Å²) in [6, 6.07) is 7.32. The highest BCUT2D eigenvalue weighted by Crippen LogP contribution is 2.23. The van der Waals surface area contributed by atoms with Gasteiger partial charge in [0.05, 0.1) is 12.2 Å². The lowest BCUT2D eigenvalue weighted by molar-refractivity contribution is -0.136. The number of aliphatic carboxylic acids is 1. The zero-order valence-electron chi connectivity index (χ0n) is 12.0. The van der Waals surface area contributed by atoms with Crippen molar-refractivity contribution in [3.05, 3.63) is 41.6 Å². The van der Waals surface area contributed by atoms with E-state index < -0.39 is 5.97 Å². The summed E-state index contributed by atoms with van der Waals surface area (Å²) in [5, 5.41) is 8.72. The molecule has 1 amide bonds. The number of allylic oxidation sites excluding steroid dienone is 2. The first-order valence-electron chi connectivity index (χ1n) is 6.95. The van der Waals surface area contributed by atoms with E-state index >= 15 is 0 Å². The number of benzene rings is 1. The molecule has 1 aromatic rings. The van der Waals surface area contributed by atoms with Crippen LogP contribution in [0, 0.1) is 0 Å². The molecule has 0 spiro atoms. The molecule has 0 aromatic heterocycles. The fraction of sp³-hybridized carbons (Fsp3) is 0.375. The Morgan fingerprint density at radius 1 is 1.29 bits per heavy atom. The van der Waals surface area contributed by atoms with Crippen LogP contribution in [0.2, 0.25) is 0 Å². The molecular weight excluding hydrogens is 286 g/mol. The van der Waals surface area contributed by atoms with Crippen molar-refractivity contribution in [3.8, 4) is 0 Å². The molecule has 0 heterocycles. The summed E-state index contributed by atoms with van der Waals surface area (Å²) in [4.78, 5) is 25.4. The minimum Gasteiger partial charge on any atom is -0.481 e. The van der Waals surface area contributed by atoms with E-state index in [1.807, 2.05) is 19.2 Å². The number of carbonyl (C=O) groups is 2. The van der Waals surface area contributed by atoms with Crippen molar-refractivity contribution in [2.75, 3.05) is 12.8 Å². The SMILES string of the molecule is CN(C(=O)CSc1ccc(CC(=O)O)cc1)C1=CCCC1. The molecular formula is C16H19NO3S. The number of hydrogen-bond acceptors (Lipinski definition) is 3. The molecule has 0 radical (unpaired) electrons. The van der Waals surface area contributed by atoms with Crippen molar-refractivity contribution < 1.29 is 14.7 Å². The standard InChI is InChI=1S/C16H19NO3S/c1-17(13-4-2-3-5-13)15(18)11-21-14-8-6-12(7-9-14)10-16(19)20/h4,6-9H,2-3,5,10-11H2,1H3,(H,19,20). The maximum atomic E-state index is 12.1. The van der Waals surface area contributed by atoms with Crippen LogP contribution < -0.4 is 0 Å². The van der Waals surface area contributed by atoms with Gasteiger partial charge in [-0.2, -0.15) is 0 Å². The molecule has 0 atom stereocenters. The van der Waals surface area contributed by atoms with Gasteiger partial charge in [-0.1, -0.05) is 18.2 Å². The van der Waals surface area contributed by atoms with Gasteiger partial charge in [-0.15, -0.1) is 11.8 Å². The van der Waals surface area contributed by atoms with Crippen LogP contribution in [-0.2, 0) is 16.0 Å². The van der Waals surface area contributed by atoms with Gasteiger partial charge in [-0.05, 0) is 37.0 Å². The molecule has 0 fully saturated rings. The molecule has 0 saturated carbocycles. The molecule has 5 heteroatoms. The summed E-state index contributed by atoms with van der Waals surface area (Å²) in [5.41, 5.74) is 1.89. The Hall–Kier alpha value is -1.75. The largest absolute Gasteiger partial charge is 0.481 e. The third-order valence-corrected chi connectivity index (χ3v) is 4.46. The van der Waals surface area contributed by atoms with Crippen LogP contribution >= 0.6 is 11.8 Å². The molecule has 1 N–H and O–H groups in total. The van der Waals surface area contributed by atoms with Crippen LogP contribution in [0.3, 0.4) is 0 Å². The molecule has 0 unspecified atom stereocenters. The van der Waals surface area contributed by atoms with E-state index in [0.29, 0.717) is 5.75 Å². The highest BCUT2D eigenvalue weighted by Gasteiger charge is 2.16. The second-order valence-electron chi connectivity index (χ2n) is 5.04. The third kappa shape index (κ3) is 4.63. The smallest absolute Gasteiger partial charge is 0.307 e. The highest BCUT2D eigenvalue weighted by atomic mass is 32.2. The van der Waals surface area contributed by atoms with E-state index in [0.717, 1.165) is 35.4 Å². The van der Waals surface area contributed by atoms with Crippen molar-refractivity contribution in [1.29, 1.82) is 0 Å². The molecule has 4 nitrogen and oxygen atoms in total. The summed E-state index contributed by atoms with van der Waals surface area (Å²) in [6.07, 6.45) is 5.33. The minimum absolute atomic E-state index is 0.0285. The Kier molecular flexibility index (Phi) is 5.44. The van der Waals surface area contributed by atoms with Crippen LogP contribution in [-0.4, -0.2) is 34.7 Å². The Labute approximate surface area is 128 Å². The quantitative estimate of drug-likeness (QED) is 0.821. The average molecular weight is 305 g/mol. The molecule has 1 aromatic carbocycles. The van der Waals surface area contributed by atoms with Crippen molar-refractivity contribution in [2.24, 2.45) is 0 Å². The van der Waals surface area contributed by atoms with Crippen molar-refractivity contribution in [3.63, 3.8) is 0 Å². The Bertz CT molecular complexity index is 551. The zero-order chi connectivity index (χ0) is 15.2. The van der Waals surface area contributed by atoms with Gasteiger partial charge in [0.15, 0.2) is 0 Å². The summed E-state index contributed by atoms with van der Waals surface area (Å²) < 4.78 is 0. The van der Waals surface area contributed by atoms with Gasteiger partial charge >= 0.3 is 5.97 Å². The second-order valence-corrected chi connectivity index (χ2v) is 6.09. The fourth-order valence-corrected chi connectivity index (χ4v) is 3.05. The fourth-order valence-electron chi connectivity index (χ4n) is 2.24. The molecule has 112 valence electrons. The van der Waals surface area contributed by atoms with E-state index in [1.54, 1.807) is 17.0 Å². The van der Waals surface area contributed by atoms with Gasteiger partial charge in [0.2, 0.25) is 5.91 Å². The lowest BCUT2D eigenvalue weighted by Crippen LogP contribution is -2.26. The van der Waals surface area contributed by atoms with Crippen molar-refractivity contribution in [2.45, 2.75) is 30.6 Å². The van der Waals surface area contributed by atoms with E-state index in [9.17, 15) is 9.59 Å². The minimum atomic E-state index is -0.836. The number of hydrogen-bond donors (Lipinski definition) is 1. The lowest BCUT2D eigenvalue weighted by atomic mass is 10.2. The number of nitrogens with zero attached hydrogens (tertiary/aromatic N) is 1. The number of amides is 1. The molecule has 2 rings (SSSR count). The Balaban J connectivity index is 1.84. The first-order valence-corrected chi connectivity index (χ1v) is 7.94. The van der Waals surface area contributed by atoms with E-state index in [4.69, 9.17) is 5.11 Å². The lowest BCUT2D eigenvalue weighted by Gasteiger charge is -2.18. The third-order valence-electron chi connectivity index (χ3n) is 3.46. The van der Waals surface area contributed by atoms with Gasteiger partial charge in [0, 0.05) is 17.6 Å². The average Bonchev–Trinajstić information content (AvgIpc) is 2.99. The summed E-state index contributed by atoms with van der Waals surface area (Å²) in [7, 11) is 1.83. The van der Waals surface area contributed by atoms with Crippen molar-refractivity contribution >= 4 is 23.6 Å². The Morgan fingerprint density at radius 2 is 2.00 bits per heavy atom. The number of thioether (sulfide) groups is 1. The maximum Gasteiger partial charge on any atom is 0.307 e. The topological polar surface area (TPSA) is 57.6 Å². The van der Waals surface area contributed by atoms with Crippen LogP contribution in [0.25, 0.3) is 0 Å². The molecule has 1 aliphatic carbocycles. The summed E-state index contributed by atoms with van der Waals surface area (Å²) in [5.74, 6) is -0.341. The van der Waals surface area contributed by atoms with Crippen LogP contribution in [0.5, 0.6) is 0 Å². The number of carboxylic acid groups (broad SMARTS) is 1. The number of carbonyl (C=O) groups excluding carboxylic acids is 1. The molecule has 0 aliphatic heterocycles. The second kappa shape index (κ2) is 7.31. The predicted molar refractivity (Wildman–Crippen MR) is 83.2 cm³/mol. The first kappa shape index (κ1) is 15.6. The van der Waals surface area contributed by atoms with Gasteiger partial charge in [0.25, 0.3) is 0 Å². The highest BCUT2D eigenvalue weighted by molar-refractivity contribution is 8.00. The van der Waals surface area contributed by atoms with Gasteiger partial charge in [-0.3, -0.25) is 9.59 Å². The predicted octanol–water partition coefficient (Wildman–Crippen LogP) is 2.93. The number of rotatable bonds is 6. The van der Waals surface area contributed by atoms with Crippen LogP contribution in [0.4, 0.5) is 0 Å².